The highest BCUT2D eigenvalue weighted by Crippen LogP contribution is 2.35. The fraction of sp³-hybridized carbons (Fsp3) is 0.400. The molecule has 1 aromatic heterocycles. The third-order valence-corrected chi connectivity index (χ3v) is 4.56. The zero-order valence-electron chi connectivity index (χ0n) is 11.6. The fourth-order valence-electron chi connectivity index (χ4n) is 1.82. The second-order valence-electron chi connectivity index (χ2n) is 4.91. The maximum atomic E-state index is 5.71. The van der Waals surface area contributed by atoms with Crippen LogP contribution in [0.15, 0.2) is 30.3 Å². The number of ether oxygens (including phenoxy) is 1. The molecule has 0 aliphatic carbocycles. The number of nitrogens with two attached hydrogens (primary N) is 1. The molecule has 0 saturated carbocycles. The van der Waals surface area contributed by atoms with E-state index in [9.17, 15) is 0 Å². The quantitative estimate of drug-likeness (QED) is 0.912. The van der Waals surface area contributed by atoms with Crippen LogP contribution in [-0.4, -0.2) is 18.6 Å². The van der Waals surface area contributed by atoms with Gasteiger partial charge in [-0.3, -0.25) is 0 Å². The highest BCUT2D eigenvalue weighted by Gasteiger charge is 2.26. The van der Waals surface area contributed by atoms with Gasteiger partial charge in [0.1, 0.15) is 10.6 Å². The number of nitrogens with zero attached hydrogens (tertiary/aromatic N) is 1. The molecule has 0 saturated heterocycles. The van der Waals surface area contributed by atoms with Crippen molar-refractivity contribution in [3.63, 3.8) is 0 Å². The Bertz CT molecular complexity index is 534. The molecule has 1 heterocycles. The Morgan fingerprint density at radius 1 is 1.26 bits per heavy atom. The SMILES string of the molecule is COC(C)(C)c1nc(-c2ccccc2)c(CCN)s1. The lowest BCUT2D eigenvalue weighted by molar-refractivity contribution is 0.0191. The van der Waals surface area contributed by atoms with Crippen LogP contribution in [0.4, 0.5) is 0 Å². The Labute approximate surface area is 118 Å². The summed E-state index contributed by atoms with van der Waals surface area (Å²) in [6, 6.07) is 10.2. The Hall–Kier alpha value is -1.23. The van der Waals surface area contributed by atoms with Crippen LogP contribution in [0.3, 0.4) is 0 Å². The van der Waals surface area contributed by atoms with Gasteiger partial charge in [-0.15, -0.1) is 11.3 Å². The number of hydrogen-bond donors (Lipinski definition) is 1. The Morgan fingerprint density at radius 3 is 2.53 bits per heavy atom. The minimum atomic E-state index is -0.360. The van der Waals surface area contributed by atoms with E-state index >= 15 is 0 Å². The average Bonchev–Trinajstić information content (AvgIpc) is 2.85. The van der Waals surface area contributed by atoms with Crippen molar-refractivity contribution in [2.75, 3.05) is 13.7 Å². The van der Waals surface area contributed by atoms with Crippen LogP contribution in [0.2, 0.25) is 0 Å². The molecule has 3 nitrogen and oxygen atoms in total. The summed E-state index contributed by atoms with van der Waals surface area (Å²) < 4.78 is 5.52. The van der Waals surface area contributed by atoms with Crippen molar-refractivity contribution in [3.05, 3.63) is 40.2 Å². The lowest BCUT2D eigenvalue weighted by Gasteiger charge is -2.19. The van der Waals surface area contributed by atoms with E-state index in [1.165, 1.54) is 4.88 Å². The molecule has 2 rings (SSSR count). The molecule has 0 amide bonds. The maximum Gasteiger partial charge on any atom is 0.125 e. The molecule has 0 atom stereocenters. The second-order valence-corrected chi connectivity index (χ2v) is 5.99. The fourth-order valence-corrected chi connectivity index (χ4v) is 3.00. The summed E-state index contributed by atoms with van der Waals surface area (Å²) in [7, 11) is 1.71. The zero-order chi connectivity index (χ0) is 13.9. The molecule has 102 valence electrons. The zero-order valence-corrected chi connectivity index (χ0v) is 12.5. The van der Waals surface area contributed by atoms with Crippen molar-refractivity contribution in [2.45, 2.75) is 25.9 Å². The first-order valence-corrected chi connectivity index (χ1v) is 7.21. The molecular formula is C15H20N2OS. The Kier molecular flexibility index (Phi) is 4.34. The highest BCUT2D eigenvalue weighted by molar-refractivity contribution is 7.12. The summed E-state index contributed by atoms with van der Waals surface area (Å²) in [5.74, 6) is 0. The number of thiazole rings is 1. The van der Waals surface area contributed by atoms with Gasteiger partial charge in [-0.05, 0) is 26.8 Å². The van der Waals surface area contributed by atoms with Gasteiger partial charge in [-0.25, -0.2) is 4.98 Å². The summed E-state index contributed by atoms with van der Waals surface area (Å²) >= 11 is 1.69. The lowest BCUT2D eigenvalue weighted by Crippen LogP contribution is -2.18. The van der Waals surface area contributed by atoms with Crippen LogP contribution in [0.5, 0.6) is 0 Å². The molecule has 2 aromatic rings. The highest BCUT2D eigenvalue weighted by atomic mass is 32.1. The Balaban J connectivity index is 2.48. The van der Waals surface area contributed by atoms with E-state index in [4.69, 9.17) is 15.5 Å². The molecule has 0 aliphatic rings. The molecule has 4 heteroatoms. The first-order valence-electron chi connectivity index (χ1n) is 6.39. The first kappa shape index (κ1) is 14.2. The van der Waals surface area contributed by atoms with Crippen molar-refractivity contribution in [1.82, 2.24) is 4.98 Å². The van der Waals surface area contributed by atoms with E-state index in [0.29, 0.717) is 6.54 Å². The molecule has 0 fully saturated rings. The molecule has 0 radical (unpaired) electrons. The van der Waals surface area contributed by atoms with E-state index in [1.807, 2.05) is 32.0 Å². The van der Waals surface area contributed by atoms with Crippen LogP contribution >= 0.6 is 11.3 Å². The molecule has 2 N–H and O–H groups in total. The number of methoxy groups -OCH3 is 1. The standard InChI is InChI=1S/C15H20N2OS/c1-15(2,18-3)14-17-13(12(19-14)9-10-16)11-7-5-4-6-8-11/h4-8H,9-10,16H2,1-3H3. The first-order chi connectivity index (χ1) is 9.08. The molecule has 0 unspecified atom stereocenters. The topological polar surface area (TPSA) is 48.1 Å². The predicted molar refractivity (Wildman–Crippen MR) is 80.3 cm³/mol. The molecule has 19 heavy (non-hydrogen) atoms. The third-order valence-electron chi connectivity index (χ3n) is 3.14. The van der Waals surface area contributed by atoms with Gasteiger partial charge in [0.25, 0.3) is 0 Å². The summed E-state index contributed by atoms with van der Waals surface area (Å²) in [6.07, 6.45) is 0.849. The van der Waals surface area contributed by atoms with E-state index in [-0.39, 0.29) is 5.60 Å². The van der Waals surface area contributed by atoms with Gasteiger partial charge in [-0.2, -0.15) is 0 Å². The predicted octanol–water partition coefficient (Wildman–Crippen LogP) is 3.19. The third kappa shape index (κ3) is 3.03. The van der Waals surface area contributed by atoms with E-state index in [1.54, 1.807) is 18.4 Å². The molecular weight excluding hydrogens is 256 g/mol. The van der Waals surface area contributed by atoms with Crippen LogP contribution in [0.1, 0.15) is 23.7 Å². The summed E-state index contributed by atoms with van der Waals surface area (Å²) in [5, 5.41) is 0.998. The van der Waals surface area contributed by atoms with E-state index in [0.717, 1.165) is 22.7 Å². The van der Waals surface area contributed by atoms with Gasteiger partial charge in [-0.1, -0.05) is 30.3 Å². The van der Waals surface area contributed by atoms with Crippen molar-refractivity contribution < 1.29 is 4.74 Å². The van der Waals surface area contributed by atoms with Gasteiger partial charge in [0.15, 0.2) is 0 Å². The molecule has 0 aliphatic heterocycles. The van der Waals surface area contributed by atoms with Gasteiger partial charge in [0.05, 0.1) is 5.69 Å². The van der Waals surface area contributed by atoms with Crippen molar-refractivity contribution in [1.29, 1.82) is 0 Å². The number of aromatic nitrogens is 1. The average molecular weight is 276 g/mol. The summed E-state index contributed by atoms with van der Waals surface area (Å²) in [4.78, 5) is 6.01. The summed E-state index contributed by atoms with van der Waals surface area (Å²) in [6.45, 7) is 4.70. The number of hydrogen-bond acceptors (Lipinski definition) is 4. The van der Waals surface area contributed by atoms with Gasteiger partial charge < -0.3 is 10.5 Å². The van der Waals surface area contributed by atoms with Crippen LogP contribution in [0.25, 0.3) is 11.3 Å². The lowest BCUT2D eigenvalue weighted by atomic mass is 10.1. The van der Waals surface area contributed by atoms with Gasteiger partial charge >= 0.3 is 0 Å². The minimum absolute atomic E-state index is 0.360. The molecule has 0 spiro atoms. The molecule has 1 aromatic carbocycles. The van der Waals surface area contributed by atoms with Crippen LogP contribution in [0, 0.1) is 0 Å². The van der Waals surface area contributed by atoms with Gasteiger partial charge in [0.2, 0.25) is 0 Å². The second kappa shape index (κ2) is 5.82. The smallest absolute Gasteiger partial charge is 0.125 e. The van der Waals surface area contributed by atoms with Crippen molar-refractivity contribution in [3.8, 4) is 11.3 Å². The van der Waals surface area contributed by atoms with Crippen LogP contribution < -0.4 is 5.73 Å². The van der Waals surface area contributed by atoms with E-state index < -0.39 is 0 Å². The van der Waals surface area contributed by atoms with Crippen LogP contribution in [-0.2, 0) is 16.8 Å². The largest absolute Gasteiger partial charge is 0.372 e. The number of benzene rings is 1. The summed E-state index contributed by atoms with van der Waals surface area (Å²) in [5.41, 5.74) is 7.52. The Morgan fingerprint density at radius 2 is 1.95 bits per heavy atom. The minimum Gasteiger partial charge on any atom is -0.372 e. The normalized spacial score (nSPS) is 11.8. The molecule has 0 bridgehead atoms. The maximum absolute atomic E-state index is 5.71. The van der Waals surface area contributed by atoms with E-state index in [2.05, 4.69) is 12.1 Å². The van der Waals surface area contributed by atoms with Crippen molar-refractivity contribution >= 4 is 11.3 Å². The number of rotatable bonds is 5. The van der Waals surface area contributed by atoms with Gasteiger partial charge in [0, 0.05) is 17.6 Å². The monoisotopic (exact) mass is 276 g/mol. The van der Waals surface area contributed by atoms with Crippen molar-refractivity contribution in [2.24, 2.45) is 5.73 Å².